The number of ether oxygens (including phenoxy) is 1. The summed E-state index contributed by atoms with van der Waals surface area (Å²) in [5.41, 5.74) is 7.23. The molecule has 3 N–H and O–H groups in total. The Morgan fingerprint density at radius 1 is 1.25 bits per heavy atom. The van der Waals surface area contributed by atoms with E-state index >= 15 is 0 Å². The molecule has 0 heterocycles. The van der Waals surface area contributed by atoms with E-state index in [0.29, 0.717) is 27.2 Å². The number of benzene rings is 2. The number of hydrogen-bond acceptors (Lipinski definition) is 3. The average molecular weight is 355 g/mol. The molecule has 0 aliphatic rings. The standard InChI is InChI=1S/C14H12BrFN2OS/c1-19-9-3-4-10(14(17)20)13(7-9)18-12-5-2-8(15)6-11(12)16/h2-7,18H,1H3,(H2,17,20). The van der Waals surface area contributed by atoms with Gasteiger partial charge in [0.15, 0.2) is 0 Å². The Kier molecular flexibility index (Phi) is 4.57. The van der Waals surface area contributed by atoms with Crippen molar-refractivity contribution in [3.05, 3.63) is 52.3 Å². The molecule has 0 amide bonds. The van der Waals surface area contributed by atoms with Gasteiger partial charge in [-0.3, -0.25) is 0 Å². The van der Waals surface area contributed by atoms with Crippen LogP contribution in [0.4, 0.5) is 15.8 Å². The van der Waals surface area contributed by atoms with E-state index in [2.05, 4.69) is 21.2 Å². The van der Waals surface area contributed by atoms with Crippen molar-refractivity contribution in [1.82, 2.24) is 0 Å². The molecule has 2 aromatic rings. The van der Waals surface area contributed by atoms with Crippen molar-refractivity contribution in [3.8, 4) is 5.75 Å². The fourth-order valence-electron chi connectivity index (χ4n) is 1.70. The predicted octanol–water partition coefficient (Wildman–Crippen LogP) is 3.97. The lowest BCUT2D eigenvalue weighted by atomic mass is 10.1. The second-order valence-corrected chi connectivity index (χ2v) is 5.38. The third-order valence-corrected chi connectivity index (χ3v) is 3.41. The smallest absolute Gasteiger partial charge is 0.147 e. The Morgan fingerprint density at radius 2 is 2.00 bits per heavy atom. The van der Waals surface area contributed by atoms with Crippen LogP contribution < -0.4 is 15.8 Å². The minimum atomic E-state index is -0.379. The summed E-state index contributed by atoms with van der Waals surface area (Å²) in [5, 5.41) is 2.98. The van der Waals surface area contributed by atoms with Crippen LogP contribution >= 0.6 is 28.1 Å². The number of thiocarbonyl (C=S) groups is 1. The molecule has 2 aromatic carbocycles. The summed E-state index contributed by atoms with van der Waals surface area (Å²) in [6.07, 6.45) is 0. The molecule has 104 valence electrons. The largest absolute Gasteiger partial charge is 0.497 e. The van der Waals surface area contributed by atoms with E-state index in [-0.39, 0.29) is 10.8 Å². The first-order chi connectivity index (χ1) is 9.51. The highest BCUT2D eigenvalue weighted by Gasteiger charge is 2.10. The molecule has 0 bridgehead atoms. The van der Waals surface area contributed by atoms with E-state index in [9.17, 15) is 4.39 Å². The minimum absolute atomic E-state index is 0.229. The molecule has 2 rings (SSSR count). The molecular weight excluding hydrogens is 343 g/mol. The van der Waals surface area contributed by atoms with Crippen LogP contribution in [0.3, 0.4) is 0 Å². The topological polar surface area (TPSA) is 47.3 Å². The Morgan fingerprint density at radius 3 is 2.60 bits per heavy atom. The van der Waals surface area contributed by atoms with E-state index in [1.54, 1.807) is 37.4 Å². The Labute approximate surface area is 130 Å². The van der Waals surface area contributed by atoms with Gasteiger partial charge in [0.05, 0.1) is 18.5 Å². The SMILES string of the molecule is COc1ccc(C(N)=S)c(Nc2ccc(Br)cc2F)c1. The molecule has 0 aromatic heterocycles. The Bertz CT molecular complexity index is 664. The second-order valence-electron chi connectivity index (χ2n) is 4.02. The van der Waals surface area contributed by atoms with Crippen LogP contribution in [-0.4, -0.2) is 12.1 Å². The number of nitrogens with one attached hydrogen (secondary N) is 1. The molecule has 20 heavy (non-hydrogen) atoms. The fourth-order valence-corrected chi connectivity index (χ4v) is 2.22. The summed E-state index contributed by atoms with van der Waals surface area (Å²) < 4.78 is 19.7. The van der Waals surface area contributed by atoms with Gasteiger partial charge in [0, 0.05) is 16.1 Å². The van der Waals surface area contributed by atoms with Crippen molar-refractivity contribution in [2.45, 2.75) is 0 Å². The lowest BCUT2D eigenvalue weighted by Crippen LogP contribution is -2.12. The van der Waals surface area contributed by atoms with Crippen LogP contribution in [0.1, 0.15) is 5.56 Å². The van der Waals surface area contributed by atoms with Gasteiger partial charge in [0.1, 0.15) is 16.6 Å². The van der Waals surface area contributed by atoms with Crippen molar-refractivity contribution >= 4 is 44.5 Å². The lowest BCUT2D eigenvalue weighted by Gasteiger charge is -2.13. The van der Waals surface area contributed by atoms with E-state index in [1.807, 2.05) is 0 Å². The summed E-state index contributed by atoms with van der Waals surface area (Å²) >= 11 is 8.21. The van der Waals surface area contributed by atoms with Crippen molar-refractivity contribution in [2.24, 2.45) is 5.73 Å². The Balaban J connectivity index is 2.43. The summed E-state index contributed by atoms with van der Waals surface area (Å²) in [5.74, 6) is 0.251. The molecule has 0 aliphatic carbocycles. The summed E-state index contributed by atoms with van der Waals surface area (Å²) in [4.78, 5) is 0.229. The zero-order chi connectivity index (χ0) is 14.7. The molecule has 0 fully saturated rings. The average Bonchev–Trinajstić information content (AvgIpc) is 2.41. The van der Waals surface area contributed by atoms with E-state index in [1.165, 1.54) is 6.07 Å². The third kappa shape index (κ3) is 3.26. The zero-order valence-electron chi connectivity index (χ0n) is 10.6. The number of nitrogens with two attached hydrogens (primary N) is 1. The first kappa shape index (κ1) is 14.7. The van der Waals surface area contributed by atoms with Gasteiger partial charge in [-0.2, -0.15) is 0 Å². The van der Waals surface area contributed by atoms with Gasteiger partial charge in [-0.1, -0.05) is 28.1 Å². The Hall–Kier alpha value is -1.66. The summed E-state index contributed by atoms with van der Waals surface area (Å²) in [6, 6.07) is 9.95. The molecule has 3 nitrogen and oxygen atoms in total. The predicted molar refractivity (Wildman–Crippen MR) is 86.3 cm³/mol. The maximum absolute atomic E-state index is 13.9. The van der Waals surface area contributed by atoms with Crippen molar-refractivity contribution < 1.29 is 9.13 Å². The molecule has 0 radical (unpaired) electrons. The molecular formula is C14H12BrFN2OS. The number of anilines is 2. The van der Waals surface area contributed by atoms with Crippen LogP contribution in [0.25, 0.3) is 0 Å². The number of halogens is 2. The molecule has 0 atom stereocenters. The van der Waals surface area contributed by atoms with Crippen LogP contribution in [0.15, 0.2) is 40.9 Å². The van der Waals surface area contributed by atoms with Crippen LogP contribution in [0.2, 0.25) is 0 Å². The monoisotopic (exact) mass is 354 g/mol. The number of hydrogen-bond donors (Lipinski definition) is 2. The molecule has 0 spiro atoms. The first-order valence-electron chi connectivity index (χ1n) is 5.71. The summed E-state index contributed by atoms with van der Waals surface area (Å²) in [7, 11) is 1.56. The fraction of sp³-hybridized carbons (Fsp3) is 0.0714. The number of methoxy groups -OCH3 is 1. The highest BCUT2D eigenvalue weighted by Crippen LogP contribution is 2.28. The lowest BCUT2D eigenvalue weighted by molar-refractivity contribution is 0.415. The maximum atomic E-state index is 13.9. The zero-order valence-corrected chi connectivity index (χ0v) is 13.0. The molecule has 0 saturated heterocycles. The normalized spacial score (nSPS) is 10.2. The van der Waals surface area contributed by atoms with Crippen molar-refractivity contribution in [2.75, 3.05) is 12.4 Å². The van der Waals surface area contributed by atoms with Crippen LogP contribution in [-0.2, 0) is 0 Å². The third-order valence-electron chi connectivity index (χ3n) is 2.69. The molecule has 0 aliphatic heterocycles. The van der Waals surface area contributed by atoms with Crippen molar-refractivity contribution in [3.63, 3.8) is 0 Å². The van der Waals surface area contributed by atoms with Gasteiger partial charge in [-0.15, -0.1) is 0 Å². The van der Waals surface area contributed by atoms with Gasteiger partial charge in [0.25, 0.3) is 0 Å². The maximum Gasteiger partial charge on any atom is 0.147 e. The van der Waals surface area contributed by atoms with Crippen LogP contribution in [0, 0.1) is 5.82 Å². The van der Waals surface area contributed by atoms with Gasteiger partial charge in [-0.05, 0) is 30.3 Å². The number of rotatable bonds is 4. The first-order valence-corrected chi connectivity index (χ1v) is 6.91. The van der Waals surface area contributed by atoms with E-state index in [0.717, 1.165) is 0 Å². The summed E-state index contributed by atoms with van der Waals surface area (Å²) in [6.45, 7) is 0. The molecule has 0 saturated carbocycles. The quantitative estimate of drug-likeness (QED) is 0.815. The van der Waals surface area contributed by atoms with Gasteiger partial charge in [-0.25, -0.2) is 4.39 Å². The van der Waals surface area contributed by atoms with Gasteiger partial charge < -0.3 is 15.8 Å². The van der Waals surface area contributed by atoms with Crippen LogP contribution in [0.5, 0.6) is 5.75 Å². The van der Waals surface area contributed by atoms with Crippen molar-refractivity contribution in [1.29, 1.82) is 0 Å². The highest BCUT2D eigenvalue weighted by atomic mass is 79.9. The van der Waals surface area contributed by atoms with Gasteiger partial charge in [0.2, 0.25) is 0 Å². The highest BCUT2D eigenvalue weighted by molar-refractivity contribution is 9.10. The van der Waals surface area contributed by atoms with E-state index < -0.39 is 0 Å². The second kappa shape index (κ2) is 6.19. The van der Waals surface area contributed by atoms with E-state index in [4.69, 9.17) is 22.7 Å². The minimum Gasteiger partial charge on any atom is -0.497 e. The molecule has 0 unspecified atom stereocenters. The van der Waals surface area contributed by atoms with Gasteiger partial charge >= 0.3 is 0 Å². The molecule has 6 heteroatoms.